The summed E-state index contributed by atoms with van der Waals surface area (Å²) >= 11 is 0. The fraction of sp³-hybridized carbons (Fsp3) is 0.600. The van der Waals surface area contributed by atoms with Crippen LogP contribution in [0.1, 0.15) is 44.1 Å². The van der Waals surface area contributed by atoms with Crippen LogP contribution in [0.15, 0.2) is 24.3 Å². The van der Waals surface area contributed by atoms with E-state index in [2.05, 4.69) is 0 Å². The summed E-state index contributed by atoms with van der Waals surface area (Å²) in [5.74, 6) is -0.794. The molecule has 2 aliphatic rings. The van der Waals surface area contributed by atoms with Crippen LogP contribution >= 0.6 is 0 Å². The number of nitrogens with zero attached hydrogens (tertiary/aromatic N) is 1. The van der Waals surface area contributed by atoms with Gasteiger partial charge in [0.1, 0.15) is 5.82 Å². The second kappa shape index (κ2) is 8.16. The van der Waals surface area contributed by atoms with E-state index in [0.29, 0.717) is 45.6 Å². The second-order valence-electron chi connectivity index (χ2n) is 7.39. The molecule has 3 rings (SSSR count). The molecule has 142 valence electrons. The molecule has 0 bridgehead atoms. The first-order chi connectivity index (χ1) is 12.5. The van der Waals surface area contributed by atoms with E-state index in [1.54, 1.807) is 12.1 Å². The molecule has 0 saturated carbocycles. The van der Waals surface area contributed by atoms with Crippen LogP contribution in [0.25, 0.3) is 0 Å². The zero-order chi connectivity index (χ0) is 18.6. The molecule has 1 unspecified atom stereocenters. The molecule has 1 N–H and O–H groups in total. The third kappa shape index (κ3) is 4.06. The van der Waals surface area contributed by atoms with E-state index in [1.165, 1.54) is 12.1 Å². The number of carboxylic acids is 1. The summed E-state index contributed by atoms with van der Waals surface area (Å²) in [4.78, 5) is 26.2. The number of halogens is 1. The molecule has 2 fully saturated rings. The van der Waals surface area contributed by atoms with Gasteiger partial charge in [-0.15, -0.1) is 0 Å². The van der Waals surface area contributed by atoms with E-state index < -0.39 is 11.4 Å². The van der Waals surface area contributed by atoms with Crippen LogP contribution in [0, 0.1) is 11.7 Å². The van der Waals surface area contributed by atoms with Gasteiger partial charge in [-0.05, 0) is 55.7 Å². The number of likely N-dealkylation sites (tertiary alicyclic amines) is 1. The summed E-state index contributed by atoms with van der Waals surface area (Å²) in [5, 5.41) is 8.91. The Hall–Kier alpha value is -1.95. The van der Waals surface area contributed by atoms with Gasteiger partial charge in [-0.1, -0.05) is 12.1 Å². The van der Waals surface area contributed by atoms with Crippen LogP contribution < -0.4 is 0 Å². The lowest BCUT2D eigenvalue weighted by Gasteiger charge is -2.42. The molecule has 2 heterocycles. The molecule has 1 aromatic carbocycles. The topological polar surface area (TPSA) is 66.8 Å². The first kappa shape index (κ1) is 18.8. The molecule has 6 heteroatoms. The number of rotatable bonds is 5. The van der Waals surface area contributed by atoms with Gasteiger partial charge in [-0.25, -0.2) is 4.39 Å². The van der Waals surface area contributed by atoms with Crippen LogP contribution in [0.3, 0.4) is 0 Å². The fourth-order valence-corrected chi connectivity index (χ4v) is 4.23. The van der Waals surface area contributed by atoms with Crippen molar-refractivity contribution in [2.24, 2.45) is 5.92 Å². The van der Waals surface area contributed by atoms with Gasteiger partial charge in [0, 0.05) is 32.7 Å². The lowest BCUT2D eigenvalue weighted by atomic mass is 9.72. The van der Waals surface area contributed by atoms with Crippen molar-refractivity contribution < 1.29 is 23.8 Å². The Morgan fingerprint density at radius 1 is 1.23 bits per heavy atom. The van der Waals surface area contributed by atoms with E-state index in [-0.39, 0.29) is 24.1 Å². The van der Waals surface area contributed by atoms with Gasteiger partial charge in [0.25, 0.3) is 0 Å². The maximum absolute atomic E-state index is 13.5. The summed E-state index contributed by atoms with van der Waals surface area (Å²) in [6.45, 7) is 2.33. The molecule has 26 heavy (non-hydrogen) atoms. The molecule has 0 aromatic heterocycles. The molecule has 0 spiro atoms. The van der Waals surface area contributed by atoms with Crippen LogP contribution in [0.5, 0.6) is 0 Å². The number of ether oxygens (including phenoxy) is 1. The maximum atomic E-state index is 13.5. The predicted octanol–water partition coefficient (Wildman–Crippen LogP) is 2.98. The molecule has 0 radical (unpaired) electrons. The number of benzene rings is 1. The summed E-state index contributed by atoms with van der Waals surface area (Å²) in [6, 6.07) is 6.24. The van der Waals surface area contributed by atoms with Gasteiger partial charge < -0.3 is 14.7 Å². The molecular formula is C20H26FNO4. The van der Waals surface area contributed by atoms with Crippen LogP contribution in [-0.4, -0.2) is 48.2 Å². The number of carboxylic acid groups (broad SMARTS) is 1. The van der Waals surface area contributed by atoms with Crippen molar-refractivity contribution in [1.82, 2.24) is 4.90 Å². The lowest BCUT2D eigenvalue weighted by Crippen LogP contribution is -2.52. The van der Waals surface area contributed by atoms with Gasteiger partial charge in [0.15, 0.2) is 0 Å². The molecule has 5 nitrogen and oxygen atoms in total. The van der Waals surface area contributed by atoms with Gasteiger partial charge >= 0.3 is 5.97 Å². The second-order valence-corrected chi connectivity index (χ2v) is 7.39. The number of aliphatic carboxylic acids is 1. The monoisotopic (exact) mass is 363 g/mol. The quantitative estimate of drug-likeness (QED) is 0.873. The van der Waals surface area contributed by atoms with Gasteiger partial charge in [0.05, 0.1) is 5.41 Å². The van der Waals surface area contributed by atoms with Crippen molar-refractivity contribution in [3.63, 3.8) is 0 Å². The zero-order valence-corrected chi connectivity index (χ0v) is 15.0. The summed E-state index contributed by atoms with van der Waals surface area (Å²) in [7, 11) is 0. The Labute approximate surface area is 153 Å². The average molecular weight is 363 g/mol. The largest absolute Gasteiger partial charge is 0.481 e. The number of amides is 1. The van der Waals surface area contributed by atoms with Crippen molar-refractivity contribution >= 4 is 11.9 Å². The molecule has 1 amide bonds. The Morgan fingerprint density at radius 2 is 1.92 bits per heavy atom. The minimum absolute atomic E-state index is 0.0763. The first-order valence-electron chi connectivity index (χ1n) is 9.36. The fourth-order valence-electron chi connectivity index (χ4n) is 4.23. The molecule has 1 atom stereocenters. The minimum Gasteiger partial charge on any atom is -0.481 e. The SMILES string of the molecule is O=C(O)CCC1CCCN(C(=O)C2(c3ccc(F)cc3)CCOCC2)C1. The highest BCUT2D eigenvalue weighted by molar-refractivity contribution is 5.88. The highest BCUT2D eigenvalue weighted by Gasteiger charge is 2.44. The number of hydrogen-bond donors (Lipinski definition) is 1. The van der Waals surface area contributed by atoms with Gasteiger partial charge in [-0.3, -0.25) is 9.59 Å². The minimum atomic E-state index is -0.791. The van der Waals surface area contributed by atoms with Gasteiger partial charge in [0.2, 0.25) is 5.91 Å². The van der Waals surface area contributed by atoms with E-state index in [9.17, 15) is 14.0 Å². The third-order valence-electron chi connectivity index (χ3n) is 5.73. The third-order valence-corrected chi connectivity index (χ3v) is 5.73. The van der Waals surface area contributed by atoms with Crippen LogP contribution in [0.4, 0.5) is 4.39 Å². The Balaban J connectivity index is 1.79. The summed E-state index contributed by atoms with van der Waals surface area (Å²) in [6.07, 6.45) is 3.78. The molecule has 2 aliphatic heterocycles. The van der Waals surface area contributed by atoms with Crippen LogP contribution in [-0.2, 0) is 19.7 Å². The Bertz CT molecular complexity index is 640. The average Bonchev–Trinajstić information content (AvgIpc) is 2.67. The highest BCUT2D eigenvalue weighted by Crippen LogP contribution is 2.38. The zero-order valence-electron chi connectivity index (χ0n) is 15.0. The highest BCUT2D eigenvalue weighted by atomic mass is 19.1. The van der Waals surface area contributed by atoms with Crippen LogP contribution in [0.2, 0.25) is 0 Å². The summed E-state index contributed by atoms with van der Waals surface area (Å²) in [5.41, 5.74) is 0.181. The molecule has 1 aromatic rings. The molecule has 2 saturated heterocycles. The first-order valence-corrected chi connectivity index (χ1v) is 9.36. The smallest absolute Gasteiger partial charge is 0.303 e. The van der Waals surface area contributed by atoms with Gasteiger partial charge in [-0.2, -0.15) is 0 Å². The molecule has 0 aliphatic carbocycles. The van der Waals surface area contributed by atoms with Crippen molar-refractivity contribution in [1.29, 1.82) is 0 Å². The number of carbonyl (C=O) groups excluding carboxylic acids is 1. The standard InChI is InChI=1S/C20H26FNO4/c21-17-6-4-16(5-7-17)20(9-12-26-13-10-20)19(25)22-11-1-2-15(14-22)3-8-18(23)24/h4-7,15H,1-3,8-14H2,(H,23,24). The van der Waals surface area contributed by atoms with E-state index in [1.807, 2.05) is 4.90 Å². The number of carbonyl (C=O) groups is 2. The van der Waals surface area contributed by atoms with E-state index in [0.717, 1.165) is 18.4 Å². The Morgan fingerprint density at radius 3 is 2.58 bits per heavy atom. The van der Waals surface area contributed by atoms with Crippen molar-refractivity contribution in [2.75, 3.05) is 26.3 Å². The molecular weight excluding hydrogens is 337 g/mol. The van der Waals surface area contributed by atoms with Crippen molar-refractivity contribution in [3.8, 4) is 0 Å². The summed E-state index contributed by atoms with van der Waals surface area (Å²) < 4.78 is 18.9. The number of hydrogen-bond acceptors (Lipinski definition) is 3. The normalized spacial score (nSPS) is 22.8. The van der Waals surface area contributed by atoms with E-state index >= 15 is 0 Å². The number of piperidine rings is 1. The van der Waals surface area contributed by atoms with E-state index in [4.69, 9.17) is 9.84 Å². The Kier molecular flexibility index (Phi) is 5.91. The predicted molar refractivity (Wildman–Crippen MR) is 94.3 cm³/mol. The lowest BCUT2D eigenvalue weighted by molar-refractivity contribution is -0.143. The van der Waals surface area contributed by atoms with Crippen molar-refractivity contribution in [3.05, 3.63) is 35.6 Å². The maximum Gasteiger partial charge on any atom is 0.303 e. The van der Waals surface area contributed by atoms with Crippen molar-refractivity contribution in [2.45, 2.75) is 43.9 Å².